The second-order valence-corrected chi connectivity index (χ2v) is 14.8. The molecule has 4 aliphatic carbocycles. The molecule has 0 aliphatic heterocycles. The van der Waals surface area contributed by atoms with Gasteiger partial charge in [-0.15, -0.1) is 0 Å². The molecule has 2 unspecified atom stereocenters. The molecule has 4 rings (SSSR count). The van der Waals surface area contributed by atoms with E-state index < -0.39 is 14.1 Å². The number of methoxy groups -OCH3 is 2. The first-order valence-electron chi connectivity index (χ1n) is 9.97. The fourth-order valence-electron chi connectivity index (χ4n) is 5.46. The number of fused-ring (bicyclic) bond motifs is 2. The summed E-state index contributed by atoms with van der Waals surface area (Å²) in [6.07, 6.45) is 6.90. The van der Waals surface area contributed by atoms with Gasteiger partial charge in [0.25, 0.3) is 0 Å². The summed E-state index contributed by atoms with van der Waals surface area (Å²) in [5.74, 6) is 0.0628. The van der Waals surface area contributed by atoms with Gasteiger partial charge in [0.15, 0.2) is 14.1 Å². The van der Waals surface area contributed by atoms with Gasteiger partial charge in [0.2, 0.25) is 5.79 Å². The van der Waals surface area contributed by atoms with Crippen molar-refractivity contribution in [2.75, 3.05) is 14.2 Å². The standard InChI is InChI=1S/C21H36O4Si/c1-14-16-13-15-9-11-20(16,12-10-17(14)22)21(23-5,24-6)18(15)25-26(7,8)19(2,3)4/h10,12,14-16,18H,9,11,13H2,1-8H3/t14?,15-,16?,18+,20-/m0/s1. The highest BCUT2D eigenvalue weighted by atomic mass is 28.4. The van der Waals surface area contributed by atoms with Crippen LogP contribution < -0.4 is 0 Å². The van der Waals surface area contributed by atoms with Crippen LogP contribution in [0.25, 0.3) is 0 Å². The molecule has 4 nitrogen and oxygen atoms in total. The molecule has 3 saturated carbocycles. The number of allylic oxidation sites excluding steroid dienone is 1. The smallest absolute Gasteiger partial charge is 0.202 e. The maximum Gasteiger partial charge on any atom is 0.202 e. The number of hydrogen-bond donors (Lipinski definition) is 0. The Hall–Kier alpha value is -0.493. The van der Waals surface area contributed by atoms with Gasteiger partial charge >= 0.3 is 0 Å². The Labute approximate surface area is 159 Å². The van der Waals surface area contributed by atoms with E-state index in [1.807, 2.05) is 0 Å². The molecule has 3 fully saturated rings. The number of ketones is 1. The first kappa shape index (κ1) is 20.2. The van der Waals surface area contributed by atoms with Crippen LogP contribution in [-0.4, -0.2) is 40.2 Å². The molecule has 5 atom stereocenters. The third kappa shape index (κ3) is 2.54. The van der Waals surface area contributed by atoms with E-state index in [2.05, 4.69) is 46.9 Å². The zero-order chi connectivity index (χ0) is 19.5. The predicted octanol–water partition coefficient (Wildman–Crippen LogP) is 4.56. The van der Waals surface area contributed by atoms with Gasteiger partial charge < -0.3 is 13.9 Å². The van der Waals surface area contributed by atoms with Crippen molar-refractivity contribution in [1.82, 2.24) is 0 Å². The Bertz CT molecular complexity index is 602. The normalized spacial score (nSPS) is 39.2. The molecule has 5 heteroatoms. The maximum absolute atomic E-state index is 12.4. The molecule has 0 aromatic heterocycles. The molecule has 1 spiro atoms. The highest BCUT2D eigenvalue weighted by Gasteiger charge is 2.70. The van der Waals surface area contributed by atoms with E-state index in [-0.39, 0.29) is 34.2 Å². The summed E-state index contributed by atoms with van der Waals surface area (Å²) >= 11 is 0. The van der Waals surface area contributed by atoms with Crippen molar-refractivity contribution in [3.8, 4) is 0 Å². The molecule has 4 aliphatic rings. The van der Waals surface area contributed by atoms with Gasteiger partial charge in [0.1, 0.15) is 6.10 Å². The van der Waals surface area contributed by atoms with Crippen molar-refractivity contribution in [2.45, 2.75) is 77.0 Å². The fraction of sp³-hybridized carbons (Fsp3) is 0.857. The Morgan fingerprint density at radius 3 is 2.35 bits per heavy atom. The third-order valence-electron chi connectivity index (χ3n) is 8.03. The maximum atomic E-state index is 12.4. The lowest BCUT2D eigenvalue weighted by Gasteiger charge is -2.66. The van der Waals surface area contributed by atoms with Gasteiger partial charge in [0, 0.05) is 25.6 Å². The summed E-state index contributed by atoms with van der Waals surface area (Å²) < 4.78 is 19.3. The molecule has 0 saturated heterocycles. The van der Waals surface area contributed by atoms with Crippen molar-refractivity contribution >= 4 is 14.1 Å². The quantitative estimate of drug-likeness (QED) is 0.530. The number of rotatable bonds is 4. The SMILES string of the molecule is COC1(OC)[C@H](O[Si](C)(C)C(C)(C)C)[C@H]2CC[C@@]13C=CC(=O)C(C)C3C2. The van der Waals surface area contributed by atoms with Crippen molar-refractivity contribution in [1.29, 1.82) is 0 Å². The zero-order valence-corrected chi connectivity index (χ0v) is 18.7. The average molecular weight is 381 g/mol. The van der Waals surface area contributed by atoms with E-state index in [0.29, 0.717) is 5.92 Å². The minimum atomic E-state index is -1.99. The van der Waals surface area contributed by atoms with Crippen LogP contribution >= 0.6 is 0 Å². The second-order valence-electron chi connectivity index (χ2n) is 10.1. The lowest BCUT2D eigenvalue weighted by Crippen LogP contribution is -2.73. The van der Waals surface area contributed by atoms with Gasteiger partial charge in [-0.05, 0) is 55.3 Å². The van der Waals surface area contributed by atoms with Crippen molar-refractivity contribution < 1.29 is 18.7 Å². The second kappa shape index (κ2) is 6.26. The Morgan fingerprint density at radius 1 is 1.19 bits per heavy atom. The highest BCUT2D eigenvalue weighted by Crippen LogP contribution is 2.65. The van der Waals surface area contributed by atoms with E-state index in [0.717, 1.165) is 19.3 Å². The van der Waals surface area contributed by atoms with Gasteiger partial charge in [-0.3, -0.25) is 4.79 Å². The van der Waals surface area contributed by atoms with Gasteiger partial charge in [-0.1, -0.05) is 33.8 Å². The molecule has 0 aromatic carbocycles. The highest BCUT2D eigenvalue weighted by molar-refractivity contribution is 6.74. The van der Waals surface area contributed by atoms with Gasteiger partial charge in [-0.2, -0.15) is 0 Å². The lowest BCUT2D eigenvalue weighted by molar-refractivity contribution is -0.362. The van der Waals surface area contributed by atoms with Crippen molar-refractivity contribution in [3.63, 3.8) is 0 Å². The molecule has 0 radical (unpaired) electrons. The van der Waals surface area contributed by atoms with Crippen LogP contribution in [0.4, 0.5) is 0 Å². The first-order valence-corrected chi connectivity index (χ1v) is 12.9. The molecule has 0 heterocycles. The Kier molecular flexibility index (Phi) is 4.88. The summed E-state index contributed by atoms with van der Waals surface area (Å²) in [4.78, 5) is 12.4. The summed E-state index contributed by atoms with van der Waals surface area (Å²) in [7, 11) is 1.49. The lowest BCUT2D eigenvalue weighted by atomic mass is 9.46. The molecule has 0 N–H and O–H groups in total. The topological polar surface area (TPSA) is 44.8 Å². The van der Waals surface area contributed by atoms with Crippen LogP contribution in [0.1, 0.15) is 47.0 Å². The van der Waals surface area contributed by atoms with E-state index in [4.69, 9.17) is 13.9 Å². The zero-order valence-electron chi connectivity index (χ0n) is 17.7. The van der Waals surface area contributed by atoms with Crippen LogP contribution in [0.5, 0.6) is 0 Å². The molecular formula is C21H36O4Si. The van der Waals surface area contributed by atoms with Gasteiger partial charge in [-0.25, -0.2) is 0 Å². The summed E-state index contributed by atoms with van der Waals surface area (Å²) in [6, 6.07) is 0. The molecule has 26 heavy (non-hydrogen) atoms. The largest absolute Gasteiger partial charge is 0.408 e. The van der Waals surface area contributed by atoms with Crippen LogP contribution in [-0.2, 0) is 18.7 Å². The summed E-state index contributed by atoms with van der Waals surface area (Å²) in [5, 5.41) is 0.125. The third-order valence-corrected chi connectivity index (χ3v) is 12.5. The van der Waals surface area contributed by atoms with E-state index in [1.54, 1.807) is 20.3 Å². The Balaban J connectivity index is 2.09. The van der Waals surface area contributed by atoms with Crippen LogP contribution in [0.15, 0.2) is 12.2 Å². The minimum Gasteiger partial charge on any atom is -0.408 e. The van der Waals surface area contributed by atoms with E-state index in [1.165, 1.54) is 0 Å². The first-order chi connectivity index (χ1) is 12.0. The van der Waals surface area contributed by atoms with Crippen LogP contribution in [0.2, 0.25) is 18.1 Å². The molecule has 0 amide bonds. The summed E-state index contributed by atoms with van der Waals surface area (Å²) in [6.45, 7) is 13.5. The van der Waals surface area contributed by atoms with Crippen LogP contribution in [0.3, 0.4) is 0 Å². The predicted molar refractivity (Wildman–Crippen MR) is 105 cm³/mol. The monoisotopic (exact) mass is 380 g/mol. The molecule has 2 bridgehead atoms. The number of carbonyl (C=O) groups excluding carboxylic acids is 1. The van der Waals surface area contributed by atoms with E-state index in [9.17, 15) is 4.79 Å². The molecular weight excluding hydrogens is 344 g/mol. The van der Waals surface area contributed by atoms with Crippen molar-refractivity contribution in [3.05, 3.63) is 12.2 Å². The average Bonchev–Trinajstić information content (AvgIpc) is 2.57. The Morgan fingerprint density at radius 2 is 1.81 bits per heavy atom. The number of ether oxygens (including phenoxy) is 2. The van der Waals surface area contributed by atoms with E-state index >= 15 is 0 Å². The fourth-order valence-corrected chi connectivity index (χ4v) is 6.80. The van der Waals surface area contributed by atoms with Crippen molar-refractivity contribution in [2.24, 2.45) is 23.2 Å². The molecule has 0 aromatic rings. The van der Waals surface area contributed by atoms with Crippen LogP contribution in [0, 0.1) is 23.2 Å². The van der Waals surface area contributed by atoms with Gasteiger partial charge in [0.05, 0.1) is 0 Å². The summed E-state index contributed by atoms with van der Waals surface area (Å²) in [5.41, 5.74) is -0.286. The molecule has 148 valence electrons. The number of hydrogen-bond acceptors (Lipinski definition) is 4. The minimum absolute atomic E-state index is 0.0151. The number of carbonyl (C=O) groups is 1.